The van der Waals surface area contributed by atoms with E-state index in [9.17, 15) is 19.8 Å². The van der Waals surface area contributed by atoms with Gasteiger partial charge in [-0.3, -0.25) is 9.59 Å². The molecule has 0 aromatic heterocycles. The van der Waals surface area contributed by atoms with Crippen molar-refractivity contribution in [3.8, 4) is 0 Å². The van der Waals surface area contributed by atoms with Crippen LogP contribution >= 0.6 is 0 Å². The lowest BCUT2D eigenvalue weighted by Crippen LogP contribution is -2.19. The van der Waals surface area contributed by atoms with Gasteiger partial charge in [-0.05, 0) is 44.2 Å². The van der Waals surface area contributed by atoms with Crippen molar-refractivity contribution in [2.45, 2.75) is 89.9 Å². The third-order valence-corrected chi connectivity index (χ3v) is 6.22. The van der Waals surface area contributed by atoms with Crippen LogP contribution in [0.15, 0.2) is 36.4 Å². The molecular formula is C27H40O6. The van der Waals surface area contributed by atoms with Gasteiger partial charge in [0, 0.05) is 31.1 Å². The van der Waals surface area contributed by atoms with Gasteiger partial charge >= 0.3 is 5.97 Å². The van der Waals surface area contributed by atoms with Crippen LogP contribution in [-0.4, -0.2) is 52.0 Å². The standard InChI is InChI=1S/C27H40O6/c1-19(2)33-15-14-20-8-7-9-21(16-20)17-22(28)12-13-24-23(25(29)18-26(24)30)10-5-3-4-6-11-27(31)32/h7-9,12-13,16,19,22-24,26,28,30H,3-6,10-11,14-15,17-18H2,1-2H3,(H,31,32)/t22?,23-,24-,26-/m1/s1. The van der Waals surface area contributed by atoms with Crippen LogP contribution in [0, 0.1) is 11.8 Å². The molecule has 33 heavy (non-hydrogen) atoms. The van der Waals surface area contributed by atoms with E-state index >= 15 is 0 Å². The fourth-order valence-electron chi connectivity index (χ4n) is 4.48. The number of carbonyl (C=O) groups is 2. The summed E-state index contributed by atoms with van der Waals surface area (Å²) in [6.07, 6.45) is 7.86. The molecule has 6 nitrogen and oxygen atoms in total. The fraction of sp³-hybridized carbons (Fsp3) is 0.630. The first-order valence-corrected chi connectivity index (χ1v) is 12.2. The number of rotatable bonds is 15. The van der Waals surface area contributed by atoms with Crippen LogP contribution in [0.1, 0.15) is 69.9 Å². The molecule has 0 saturated heterocycles. The molecule has 0 radical (unpaired) electrons. The molecular weight excluding hydrogens is 420 g/mol. The Morgan fingerprint density at radius 3 is 2.64 bits per heavy atom. The molecule has 0 spiro atoms. The van der Waals surface area contributed by atoms with Gasteiger partial charge in [0.15, 0.2) is 0 Å². The van der Waals surface area contributed by atoms with Crippen LogP contribution in [0.25, 0.3) is 0 Å². The highest BCUT2D eigenvalue weighted by atomic mass is 16.5. The fourth-order valence-corrected chi connectivity index (χ4v) is 4.48. The third kappa shape index (κ3) is 10.2. The second kappa shape index (κ2) is 14.3. The summed E-state index contributed by atoms with van der Waals surface area (Å²) in [6.45, 7) is 4.69. The number of carboxylic acid groups (broad SMARTS) is 1. The van der Waals surface area contributed by atoms with Gasteiger partial charge in [-0.25, -0.2) is 0 Å². The maximum Gasteiger partial charge on any atom is 0.303 e. The second-order valence-electron chi connectivity index (χ2n) is 9.41. The molecule has 1 unspecified atom stereocenters. The van der Waals surface area contributed by atoms with E-state index in [2.05, 4.69) is 12.1 Å². The first kappa shape index (κ1) is 27.2. The van der Waals surface area contributed by atoms with Crippen molar-refractivity contribution in [1.29, 1.82) is 0 Å². The van der Waals surface area contributed by atoms with Crippen molar-refractivity contribution >= 4 is 11.8 Å². The first-order chi connectivity index (χ1) is 15.8. The molecule has 1 saturated carbocycles. The summed E-state index contributed by atoms with van der Waals surface area (Å²) in [5, 5.41) is 29.6. The monoisotopic (exact) mass is 460 g/mol. The Kier molecular flexibility index (Phi) is 11.8. The lowest BCUT2D eigenvalue weighted by molar-refractivity contribution is -0.137. The lowest BCUT2D eigenvalue weighted by atomic mass is 9.88. The molecule has 6 heteroatoms. The van der Waals surface area contributed by atoms with Crippen LogP contribution in [0.2, 0.25) is 0 Å². The number of hydrogen-bond donors (Lipinski definition) is 3. The summed E-state index contributed by atoms with van der Waals surface area (Å²) in [5.41, 5.74) is 2.21. The van der Waals surface area contributed by atoms with Crippen molar-refractivity contribution < 1.29 is 29.6 Å². The number of unbranched alkanes of at least 4 members (excludes halogenated alkanes) is 3. The summed E-state index contributed by atoms with van der Waals surface area (Å²) in [7, 11) is 0. The summed E-state index contributed by atoms with van der Waals surface area (Å²) in [5.74, 6) is -1.20. The smallest absolute Gasteiger partial charge is 0.303 e. The van der Waals surface area contributed by atoms with Gasteiger partial charge in [0.05, 0.1) is 24.9 Å². The number of carbonyl (C=O) groups excluding carboxylic acids is 1. The summed E-state index contributed by atoms with van der Waals surface area (Å²) >= 11 is 0. The number of ketones is 1. The van der Waals surface area contributed by atoms with E-state index in [-0.39, 0.29) is 36.6 Å². The van der Waals surface area contributed by atoms with Crippen molar-refractivity contribution in [3.63, 3.8) is 0 Å². The number of Topliss-reactive ketones (excluding diaryl/α,β-unsaturated/α-hetero) is 1. The van der Waals surface area contributed by atoms with Gasteiger partial charge in [0.2, 0.25) is 0 Å². The average molecular weight is 461 g/mol. The number of hydrogen-bond acceptors (Lipinski definition) is 5. The van der Waals surface area contributed by atoms with Crippen LogP contribution < -0.4 is 0 Å². The molecule has 0 heterocycles. The molecule has 0 bridgehead atoms. The van der Waals surface area contributed by atoms with E-state index in [1.54, 1.807) is 6.08 Å². The number of benzene rings is 1. The van der Waals surface area contributed by atoms with E-state index < -0.39 is 18.2 Å². The number of aliphatic hydroxyl groups excluding tert-OH is 2. The SMILES string of the molecule is CC(C)OCCc1cccc(CC(O)C=C[C@H]2[C@H](O)CC(=O)[C@@H]2CCCCCCC(=O)O)c1. The van der Waals surface area contributed by atoms with E-state index in [0.29, 0.717) is 25.9 Å². The minimum atomic E-state index is -0.778. The van der Waals surface area contributed by atoms with Crippen molar-refractivity contribution in [2.75, 3.05) is 6.61 Å². The largest absolute Gasteiger partial charge is 0.481 e. The number of aliphatic hydroxyl groups is 2. The highest BCUT2D eigenvalue weighted by Crippen LogP contribution is 2.34. The van der Waals surface area contributed by atoms with Crippen molar-refractivity contribution in [1.82, 2.24) is 0 Å². The van der Waals surface area contributed by atoms with Crippen molar-refractivity contribution in [3.05, 3.63) is 47.5 Å². The van der Waals surface area contributed by atoms with Gasteiger partial charge in [-0.2, -0.15) is 0 Å². The topological polar surface area (TPSA) is 104 Å². The molecule has 1 aromatic carbocycles. The molecule has 0 aliphatic heterocycles. The molecule has 2 rings (SSSR count). The van der Waals surface area contributed by atoms with E-state index in [4.69, 9.17) is 9.84 Å². The van der Waals surface area contributed by atoms with E-state index in [0.717, 1.165) is 31.2 Å². The minimum Gasteiger partial charge on any atom is -0.481 e. The summed E-state index contributed by atoms with van der Waals surface area (Å²) < 4.78 is 5.61. The Morgan fingerprint density at radius 1 is 1.18 bits per heavy atom. The molecule has 1 fully saturated rings. The quantitative estimate of drug-likeness (QED) is 0.269. The van der Waals surface area contributed by atoms with Crippen LogP contribution in [0.5, 0.6) is 0 Å². The Labute approximate surface area is 197 Å². The first-order valence-electron chi connectivity index (χ1n) is 12.2. The normalized spacial score (nSPS) is 21.8. The lowest BCUT2D eigenvalue weighted by Gasteiger charge is -2.18. The van der Waals surface area contributed by atoms with Gasteiger partial charge < -0.3 is 20.1 Å². The molecule has 1 aromatic rings. The van der Waals surface area contributed by atoms with Gasteiger partial charge in [0.1, 0.15) is 5.78 Å². The number of ether oxygens (including phenoxy) is 1. The minimum absolute atomic E-state index is 0.0773. The maximum atomic E-state index is 12.4. The van der Waals surface area contributed by atoms with Crippen LogP contribution in [0.3, 0.4) is 0 Å². The third-order valence-electron chi connectivity index (χ3n) is 6.22. The van der Waals surface area contributed by atoms with E-state index in [1.165, 1.54) is 5.56 Å². The van der Waals surface area contributed by atoms with Crippen LogP contribution in [-0.2, 0) is 27.2 Å². The summed E-state index contributed by atoms with van der Waals surface area (Å²) in [4.78, 5) is 22.9. The molecule has 1 aliphatic carbocycles. The Hall–Kier alpha value is -2.02. The Bertz CT molecular complexity index is 772. The predicted octanol–water partition coefficient (Wildman–Crippen LogP) is 4.11. The highest BCUT2D eigenvalue weighted by molar-refractivity contribution is 5.84. The average Bonchev–Trinajstić information content (AvgIpc) is 3.01. The maximum absolute atomic E-state index is 12.4. The molecule has 184 valence electrons. The van der Waals surface area contributed by atoms with E-state index in [1.807, 2.05) is 32.1 Å². The van der Waals surface area contributed by atoms with Crippen LogP contribution in [0.4, 0.5) is 0 Å². The van der Waals surface area contributed by atoms with Gasteiger partial charge in [-0.1, -0.05) is 55.7 Å². The van der Waals surface area contributed by atoms with Gasteiger partial charge in [0.25, 0.3) is 0 Å². The number of aliphatic carboxylic acids is 1. The predicted molar refractivity (Wildman–Crippen MR) is 128 cm³/mol. The Balaban J connectivity index is 1.84. The highest BCUT2D eigenvalue weighted by Gasteiger charge is 2.39. The molecule has 1 aliphatic rings. The zero-order chi connectivity index (χ0) is 24.2. The Morgan fingerprint density at radius 2 is 1.91 bits per heavy atom. The van der Waals surface area contributed by atoms with Gasteiger partial charge in [-0.15, -0.1) is 0 Å². The second-order valence-corrected chi connectivity index (χ2v) is 9.41. The zero-order valence-electron chi connectivity index (χ0n) is 20.0. The van der Waals surface area contributed by atoms with Crippen molar-refractivity contribution in [2.24, 2.45) is 11.8 Å². The molecule has 3 N–H and O–H groups in total. The summed E-state index contributed by atoms with van der Waals surface area (Å²) in [6, 6.07) is 8.12. The number of carboxylic acids is 1. The zero-order valence-corrected chi connectivity index (χ0v) is 20.0. The molecule has 4 atom stereocenters. The molecule has 0 amide bonds.